The molecule has 0 aliphatic rings. The van der Waals surface area contributed by atoms with Crippen LogP contribution in [0.2, 0.25) is 5.02 Å². The van der Waals surface area contributed by atoms with E-state index in [2.05, 4.69) is 15.5 Å². The fourth-order valence-corrected chi connectivity index (χ4v) is 3.88. The van der Waals surface area contributed by atoms with E-state index in [0.29, 0.717) is 18.0 Å². The Labute approximate surface area is 186 Å². The molecule has 30 heavy (non-hydrogen) atoms. The number of hydrogen-bond donors (Lipinski definition) is 1. The van der Waals surface area contributed by atoms with Crippen LogP contribution in [-0.2, 0) is 4.79 Å². The molecule has 0 unspecified atom stereocenters. The summed E-state index contributed by atoms with van der Waals surface area (Å²) in [4.78, 5) is 14.0. The quantitative estimate of drug-likeness (QED) is 0.377. The second kappa shape index (κ2) is 11.2. The van der Waals surface area contributed by atoms with Crippen LogP contribution in [0, 0.1) is 0 Å². The van der Waals surface area contributed by atoms with Crippen molar-refractivity contribution < 1.29 is 4.79 Å². The first-order valence-electron chi connectivity index (χ1n) is 9.85. The highest BCUT2D eigenvalue weighted by Crippen LogP contribution is 2.29. The standard InChI is InChI=1S/C22H26ClN5OS/c1-27(2)15-14-24-20(29)9-6-16-30-22-26-25-21(17-10-12-18(23)13-11-17)28(22)19-7-4-3-5-8-19/h3-5,7-8,10-13H,6,9,14-16H2,1-2H3,(H,24,29). The zero-order valence-electron chi connectivity index (χ0n) is 17.2. The third-order valence-corrected chi connectivity index (χ3v) is 5.68. The molecular formula is C22H26ClN5OS. The van der Waals surface area contributed by atoms with Gasteiger partial charge in [0.15, 0.2) is 11.0 Å². The average Bonchev–Trinajstić information content (AvgIpc) is 3.16. The molecule has 1 heterocycles. The highest BCUT2D eigenvalue weighted by Gasteiger charge is 2.16. The van der Waals surface area contributed by atoms with E-state index in [1.54, 1.807) is 11.8 Å². The molecule has 0 atom stereocenters. The van der Waals surface area contributed by atoms with E-state index < -0.39 is 0 Å². The van der Waals surface area contributed by atoms with E-state index in [1.165, 1.54) is 0 Å². The lowest BCUT2D eigenvalue weighted by Crippen LogP contribution is -2.31. The SMILES string of the molecule is CN(C)CCNC(=O)CCCSc1nnc(-c2ccc(Cl)cc2)n1-c1ccccc1. The predicted molar refractivity (Wildman–Crippen MR) is 123 cm³/mol. The van der Waals surface area contributed by atoms with Gasteiger partial charge in [-0.15, -0.1) is 10.2 Å². The molecule has 0 spiro atoms. The van der Waals surface area contributed by atoms with Crippen molar-refractivity contribution in [3.05, 3.63) is 59.6 Å². The smallest absolute Gasteiger partial charge is 0.220 e. The fraction of sp³-hybridized carbons (Fsp3) is 0.318. The normalized spacial score (nSPS) is 11.1. The van der Waals surface area contributed by atoms with Crippen LogP contribution in [0.15, 0.2) is 59.8 Å². The Bertz CT molecular complexity index is 944. The summed E-state index contributed by atoms with van der Waals surface area (Å²) in [5.41, 5.74) is 1.94. The van der Waals surface area contributed by atoms with E-state index >= 15 is 0 Å². The first-order valence-corrected chi connectivity index (χ1v) is 11.2. The molecule has 2 aromatic carbocycles. The van der Waals surface area contributed by atoms with E-state index in [1.807, 2.05) is 78.2 Å². The van der Waals surface area contributed by atoms with Crippen molar-refractivity contribution in [3.63, 3.8) is 0 Å². The number of amides is 1. The Hall–Kier alpha value is -2.35. The van der Waals surface area contributed by atoms with Crippen LogP contribution in [0.25, 0.3) is 17.1 Å². The lowest BCUT2D eigenvalue weighted by atomic mass is 10.2. The van der Waals surface area contributed by atoms with Gasteiger partial charge in [0.05, 0.1) is 0 Å². The number of rotatable bonds is 10. The van der Waals surface area contributed by atoms with Gasteiger partial charge in [0.1, 0.15) is 0 Å². The van der Waals surface area contributed by atoms with Crippen LogP contribution in [0.4, 0.5) is 0 Å². The number of carbonyl (C=O) groups excluding carboxylic acids is 1. The zero-order valence-corrected chi connectivity index (χ0v) is 18.8. The third kappa shape index (κ3) is 6.32. The molecular weight excluding hydrogens is 418 g/mol. The van der Waals surface area contributed by atoms with E-state index in [4.69, 9.17) is 11.6 Å². The molecule has 0 fully saturated rings. The van der Waals surface area contributed by atoms with Crippen LogP contribution in [0.3, 0.4) is 0 Å². The summed E-state index contributed by atoms with van der Waals surface area (Å²) < 4.78 is 2.05. The van der Waals surface area contributed by atoms with Gasteiger partial charge in [-0.05, 0) is 56.9 Å². The Morgan fingerprint density at radius 1 is 1.10 bits per heavy atom. The summed E-state index contributed by atoms with van der Waals surface area (Å²) in [5, 5.41) is 13.3. The first kappa shape index (κ1) is 22.3. The number of halogens is 1. The predicted octanol–water partition coefficient (Wildman–Crippen LogP) is 4.14. The summed E-state index contributed by atoms with van der Waals surface area (Å²) in [5.74, 6) is 1.64. The molecule has 6 nitrogen and oxygen atoms in total. The van der Waals surface area contributed by atoms with Gasteiger partial charge in [-0.2, -0.15) is 0 Å². The van der Waals surface area contributed by atoms with Gasteiger partial charge < -0.3 is 10.2 Å². The molecule has 0 aliphatic carbocycles. The van der Waals surface area contributed by atoms with Crippen LogP contribution in [0.1, 0.15) is 12.8 Å². The molecule has 0 aliphatic heterocycles. The minimum absolute atomic E-state index is 0.0869. The minimum Gasteiger partial charge on any atom is -0.355 e. The molecule has 0 saturated carbocycles. The first-order chi connectivity index (χ1) is 14.5. The molecule has 3 rings (SSSR count). The maximum atomic E-state index is 12.0. The largest absolute Gasteiger partial charge is 0.355 e. The van der Waals surface area contributed by atoms with Gasteiger partial charge in [-0.3, -0.25) is 9.36 Å². The monoisotopic (exact) mass is 443 g/mol. The zero-order chi connectivity index (χ0) is 21.3. The summed E-state index contributed by atoms with van der Waals surface area (Å²) in [6.45, 7) is 1.51. The van der Waals surface area contributed by atoms with Gasteiger partial charge in [0, 0.05) is 41.5 Å². The molecule has 0 bridgehead atoms. The number of para-hydroxylation sites is 1. The highest BCUT2D eigenvalue weighted by molar-refractivity contribution is 7.99. The van der Waals surface area contributed by atoms with Crippen LogP contribution in [0.5, 0.6) is 0 Å². The molecule has 0 saturated heterocycles. The molecule has 0 radical (unpaired) electrons. The number of benzene rings is 2. The van der Waals surface area contributed by atoms with E-state index in [-0.39, 0.29) is 5.91 Å². The summed E-state index contributed by atoms with van der Waals surface area (Å²) in [6, 6.07) is 17.6. The summed E-state index contributed by atoms with van der Waals surface area (Å²) >= 11 is 7.64. The average molecular weight is 444 g/mol. The number of carbonyl (C=O) groups is 1. The highest BCUT2D eigenvalue weighted by atomic mass is 35.5. The van der Waals surface area contributed by atoms with Gasteiger partial charge in [-0.25, -0.2) is 0 Å². The number of nitrogens with zero attached hydrogens (tertiary/aromatic N) is 4. The Kier molecular flexibility index (Phi) is 8.30. The van der Waals surface area contributed by atoms with Crippen molar-refractivity contribution in [2.24, 2.45) is 0 Å². The van der Waals surface area contributed by atoms with E-state index in [9.17, 15) is 4.79 Å². The maximum absolute atomic E-state index is 12.0. The van der Waals surface area contributed by atoms with Crippen molar-refractivity contribution in [3.8, 4) is 17.1 Å². The Morgan fingerprint density at radius 2 is 1.83 bits per heavy atom. The lowest BCUT2D eigenvalue weighted by molar-refractivity contribution is -0.121. The van der Waals surface area contributed by atoms with Gasteiger partial charge in [-0.1, -0.05) is 41.6 Å². The lowest BCUT2D eigenvalue weighted by Gasteiger charge is -2.11. The van der Waals surface area contributed by atoms with Crippen LogP contribution in [-0.4, -0.2) is 58.5 Å². The summed E-state index contributed by atoms with van der Waals surface area (Å²) in [7, 11) is 3.98. The number of thioether (sulfide) groups is 1. The fourth-order valence-electron chi connectivity index (χ4n) is 2.86. The number of aromatic nitrogens is 3. The maximum Gasteiger partial charge on any atom is 0.220 e. The molecule has 1 aromatic heterocycles. The molecule has 3 aromatic rings. The Balaban J connectivity index is 1.66. The second-order valence-electron chi connectivity index (χ2n) is 7.09. The van der Waals surface area contributed by atoms with Gasteiger partial charge in [0.2, 0.25) is 5.91 Å². The van der Waals surface area contributed by atoms with E-state index in [0.717, 1.165) is 41.0 Å². The van der Waals surface area contributed by atoms with Gasteiger partial charge >= 0.3 is 0 Å². The number of nitrogens with one attached hydrogen (secondary N) is 1. The van der Waals surface area contributed by atoms with Crippen LogP contribution < -0.4 is 5.32 Å². The van der Waals surface area contributed by atoms with Crippen molar-refractivity contribution in [1.82, 2.24) is 25.0 Å². The number of hydrogen-bond acceptors (Lipinski definition) is 5. The van der Waals surface area contributed by atoms with Crippen molar-refractivity contribution >= 4 is 29.3 Å². The second-order valence-corrected chi connectivity index (χ2v) is 8.59. The molecule has 1 N–H and O–H groups in total. The number of likely N-dealkylation sites (N-methyl/N-ethyl adjacent to an activating group) is 1. The van der Waals surface area contributed by atoms with Crippen molar-refractivity contribution in [2.75, 3.05) is 32.9 Å². The van der Waals surface area contributed by atoms with Crippen molar-refractivity contribution in [1.29, 1.82) is 0 Å². The molecule has 158 valence electrons. The minimum atomic E-state index is 0.0869. The summed E-state index contributed by atoms with van der Waals surface area (Å²) in [6.07, 6.45) is 1.28. The Morgan fingerprint density at radius 3 is 2.53 bits per heavy atom. The van der Waals surface area contributed by atoms with Gasteiger partial charge in [0.25, 0.3) is 0 Å². The third-order valence-electron chi connectivity index (χ3n) is 4.41. The van der Waals surface area contributed by atoms with Crippen LogP contribution >= 0.6 is 23.4 Å². The van der Waals surface area contributed by atoms with Crippen molar-refractivity contribution in [2.45, 2.75) is 18.0 Å². The molecule has 1 amide bonds. The topological polar surface area (TPSA) is 63.1 Å². The molecule has 8 heteroatoms.